The van der Waals surface area contributed by atoms with Crippen molar-refractivity contribution in [3.8, 4) is 0 Å². The lowest BCUT2D eigenvalue weighted by Gasteiger charge is -2.55. The van der Waals surface area contributed by atoms with Crippen molar-refractivity contribution >= 4 is 27.6 Å². The summed E-state index contributed by atoms with van der Waals surface area (Å²) in [7, 11) is -4.02. The van der Waals surface area contributed by atoms with Gasteiger partial charge in [-0.1, -0.05) is 18.2 Å². The van der Waals surface area contributed by atoms with Crippen LogP contribution in [0.3, 0.4) is 0 Å². The number of sulfonamides is 1. The summed E-state index contributed by atoms with van der Waals surface area (Å²) in [5.74, 6) is 2.42. The Labute approximate surface area is 236 Å². The number of anilines is 1. The van der Waals surface area contributed by atoms with Crippen molar-refractivity contribution in [2.75, 3.05) is 11.9 Å². The number of benzene rings is 2. The van der Waals surface area contributed by atoms with Crippen LogP contribution in [0.5, 0.6) is 0 Å². The summed E-state index contributed by atoms with van der Waals surface area (Å²) in [6.07, 6.45) is 13.7. The van der Waals surface area contributed by atoms with Gasteiger partial charge in [-0.2, -0.15) is 0 Å². The smallest absolute Gasteiger partial charge is 0.333 e. The fourth-order valence-corrected chi connectivity index (χ4v) is 9.93. The topological polar surface area (TPSA) is 104 Å². The zero-order chi connectivity index (χ0) is 27.5. The minimum absolute atomic E-state index is 0.0486. The molecule has 2 aromatic carbocycles. The molecule has 2 aromatic rings. The average molecular weight is 562 g/mol. The number of carbonyl (C=O) groups excluding carboxylic acids is 2. The van der Waals surface area contributed by atoms with E-state index in [9.17, 15) is 18.0 Å². The number of urea groups is 1. The van der Waals surface area contributed by atoms with E-state index in [0.717, 1.165) is 97.9 Å². The zero-order valence-electron chi connectivity index (χ0n) is 23.1. The average Bonchev–Trinajstić information content (AvgIpc) is 3.57. The molecule has 0 saturated heterocycles. The van der Waals surface area contributed by atoms with Crippen molar-refractivity contribution in [3.63, 3.8) is 0 Å². The molecule has 212 valence electrons. The first-order valence-electron chi connectivity index (χ1n) is 15.2. The molecule has 0 spiro atoms. The Hall–Kier alpha value is -2.87. The fourth-order valence-electron chi connectivity index (χ4n) is 9.02. The summed E-state index contributed by atoms with van der Waals surface area (Å²) < 4.78 is 28.2. The Kier molecular flexibility index (Phi) is 6.45. The largest absolute Gasteiger partial charge is 0.355 e. The Morgan fingerprint density at radius 3 is 1.98 bits per heavy atom. The van der Waals surface area contributed by atoms with Crippen LogP contribution in [0.1, 0.15) is 79.2 Å². The lowest BCUT2D eigenvalue weighted by atomic mass is 9.49. The second-order valence-electron chi connectivity index (χ2n) is 13.1. The third-order valence-electron chi connectivity index (χ3n) is 10.4. The minimum Gasteiger partial charge on any atom is -0.355 e. The van der Waals surface area contributed by atoms with Crippen molar-refractivity contribution in [2.24, 2.45) is 23.2 Å². The molecule has 6 aliphatic rings. The molecule has 4 saturated carbocycles. The predicted molar refractivity (Wildman–Crippen MR) is 154 cm³/mol. The first-order valence-corrected chi connectivity index (χ1v) is 16.6. The molecule has 0 unspecified atom stereocenters. The van der Waals surface area contributed by atoms with Crippen LogP contribution in [0, 0.1) is 23.2 Å². The van der Waals surface area contributed by atoms with E-state index in [1.165, 1.54) is 42.5 Å². The van der Waals surface area contributed by atoms with Gasteiger partial charge < -0.3 is 10.6 Å². The van der Waals surface area contributed by atoms with Gasteiger partial charge in [0, 0.05) is 17.6 Å². The molecule has 4 fully saturated rings. The molecule has 8 heteroatoms. The Balaban J connectivity index is 0.951. The van der Waals surface area contributed by atoms with E-state index in [-0.39, 0.29) is 16.2 Å². The van der Waals surface area contributed by atoms with Gasteiger partial charge in [0.1, 0.15) is 0 Å². The van der Waals surface area contributed by atoms with Gasteiger partial charge in [0.15, 0.2) is 0 Å². The fraction of sp³-hybridized carbons (Fsp3) is 0.562. The van der Waals surface area contributed by atoms with Crippen LogP contribution in [-0.2, 0) is 46.9 Å². The second kappa shape index (κ2) is 9.89. The molecule has 3 N–H and O–H groups in total. The standard InChI is InChI=1S/C32H39N3O4S/c36-30(32-17-21-13-22(18-32)15-23(14-21)19-32)33-12-11-20-7-9-26(10-8-20)40(38,39)35-31(37)34-29-27-5-1-3-24(27)16-25-4-2-6-28(25)29/h7-10,16,21-23H,1-6,11-15,17-19H2,(H,33,36)(H2,34,35,37)/t21-,22-,23?,32-/m1/s1. The van der Waals surface area contributed by atoms with E-state index in [0.29, 0.717) is 13.0 Å². The predicted octanol–water partition coefficient (Wildman–Crippen LogP) is 5.05. The molecule has 0 aromatic heterocycles. The number of rotatable bonds is 7. The first-order chi connectivity index (χ1) is 19.3. The number of aryl methyl sites for hydroxylation is 2. The molecule has 0 radical (unpaired) electrons. The van der Waals surface area contributed by atoms with Gasteiger partial charge in [0.05, 0.1) is 4.90 Å². The molecular formula is C32H39N3O4S. The number of nitrogens with one attached hydrogen (secondary N) is 3. The highest BCUT2D eigenvalue weighted by Crippen LogP contribution is 2.60. The molecule has 3 amide bonds. The highest BCUT2D eigenvalue weighted by molar-refractivity contribution is 7.90. The molecule has 0 aliphatic heterocycles. The first kappa shape index (κ1) is 26.1. The van der Waals surface area contributed by atoms with Crippen LogP contribution >= 0.6 is 0 Å². The number of amides is 3. The quantitative estimate of drug-likeness (QED) is 0.440. The van der Waals surface area contributed by atoms with Crippen molar-refractivity contribution in [3.05, 3.63) is 58.1 Å². The maximum Gasteiger partial charge on any atom is 0.333 e. The monoisotopic (exact) mass is 561 g/mol. The van der Waals surface area contributed by atoms with Crippen LogP contribution in [0.15, 0.2) is 35.2 Å². The van der Waals surface area contributed by atoms with Crippen LogP contribution < -0.4 is 15.4 Å². The molecule has 8 rings (SSSR count). The van der Waals surface area contributed by atoms with Gasteiger partial charge in [-0.05, 0) is 141 Å². The summed E-state index contributed by atoms with van der Waals surface area (Å²) in [5, 5.41) is 6.09. The van der Waals surface area contributed by atoms with Gasteiger partial charge >= 0.3 is 6.03 Å². The Morgan fingerprint density at radius 1 is 0.825 bits per heavy atom. The maximum atomic E-state index is 13.2. The van der Waals surface area contributed by atoms with E-state index in [2.05, 4.69) is 21.4 Å². The van der Waals surface area contributed by atoms with Gasteiger partial charge in [0.2, 0.25) is 5.91 Å². The summed E-state index contributed by atoms with van der Waals surface area (Å²) in [5.41, 5.74) is 6.50. The SMILES string of the molecule is O=C(Nc1c2c(cc3c1CCC3)CCC2)NS(=O)(=O)c1ccc(CCNC(=O)[C@]23CC4C[C@@H](C[C@H](C4)C2)C3)cc1. The lowest BCUT2D eigenvalue weighted by Crippen LogP contribution is -2.53. The molecule has 40 heavy (non-hydrogen) atoms. The van der Waals surface area contributed by atoms with Gasteiger partial charge in [0.25, 0.3) is 10.0 Å². The van der Waals surface area contributed by atoms with E-state index < -0.39 is 16.1 Å². The summed E-state index contributed by atoms with van der Waals surface area (Å²) in [4.78, 5) is 26.1. The molecule has 0 heterocycles. The highest BCUT2D eigenvalue weighted by Gasteiger charge is 2.54. The number of carbonyl (C=O) groups is 2. The van der Waals surface area contributed by atoms with E-state index in [4.69, 9.17) is 0 Å². The molecule has 4 bridgehead atoms. The minimum atomic E-state index is -4.02. The summed E-state index contributed by atoms with van der Waals surface area (Å²) in [6.45, 7) is 0.541. The zero-order valence-corrected chi connectivity index (χ0v) is 23.9. The van der Waals surface area contributed by atoms with E-state index in [1.54, 1.807) is 12.1 Å². The number of fused-ring (bicyclic) bond motifs is 2. The maximum absolute atomic E-state index is 13.2. The number of hydrogen-bond acceptors (Lipinski definition) is 4. The Bertz CT molecular complexity index is 1400. The number of hydrogen-bond donors (Lipinski definition) is 3. The van der Waals surface area contributed by atoms with Gasteiger partial charge in [-0.15, -0.1) is 0 Å². The normalized spacial score (nSPS) is 27.8. The van der Waals surface area contributed by atoms with Crippen LogP contribution in [0.25, 0.3) is 0 Å². The highest BCUT2D eigenvalue weighted by atomic mass is 32.2. The lowest BCUT2D eigenvalue weighted by molar-refractivity contribution is -0.146. The molecule has 7 nitrogen and oxygen atoms in total. The van der Waals surface area contributed by atoms with Gasteiger partial charge in [-0.3, -0.25) is 4.79 Å². The second-order valence-corrected chi connectivity index (χ2v) is 14.8. The third-order valence-corrected chi connectivity index (χ3v) is 11.7. The van der Waals surface area contributed by atoms with E-state index >= 15 is 0 Å². The summed E-state index contributed by atoms with van der Waals surface area (Å²) >= 11 is 0. The van der Waals surface area contributed by atoms with Crippen molar-refractivity contribution in [1.29, 1.82) is 0 Å². The molecule has 6 aliphatic carbocycles. The van der Waals surface area contributed by atoms with Crippen LogP contribution in [0.4, 0.5) is 10.5 Å². The van der Waals surface area contributed by atoms with Crippen molar-refractivity contribution < 1.29 is 18.0 Å². The Morgan fingerprint density at radius 2 is 1.40 bits per heavy atom. The molecular weight excluding hydrogens is 522 g/mol. The van der Waals surface area contributed by atoms with Crippen LogP contribution in [0.2, 0.25) is 0 Å². The third kappa shape index (κ3) is 4.72. The van der Waals surface area contributed by atoms with Crippen molar-refractivity contribution in [2.45, 2.75) is 88.4 Å². The van der Waals surface area contributed by atoms with Crippen molar-refractivity contribution in [1.82, 2.24) is 10.0 Å². The van der Waals surface area contributed by atoms with E-state index in [1.807, 2.05) is 0 Å². The summed E-state index contributed by atoms with van der Waals surface area (Å²) in [6, 6.07) is 8.15. The molecule has 0 atom stereocenters. The van der Waals surface area contributed by atoms with Crippen LogP contribution in [-0.4, -0.2) is 26.9 Å². The van der Waals surface area contributed by atoms with Gasteiger partial charge in [-0.25, -0.2) is 17.9 Å².